The summed E-state index contributed by atoms with van der Waals surface area (Å²) in [7, 11) is 0. The summed E-state index contributed by atoms with van der Waals surface area (Å²) >= 11 is 5.94. The van der Waals surface area contributed by atoms with E-state index in [0.717, 1.165) is 11.6 Å². The highest BCUT2D eigenvalue weighted by Crippen LogP contribution is 2.23. The first kappa shape index (κ1) is 18.4. The fourth-order valence-corrected chi connectivity index (χ4v) is 2.40. The van der Waals surface area contributed by atoms with Crippen molar-refractivity contribution < 1.29 is 19.6 Å². The number of nitro benzene ring substituents is 1. The van der Waals surface area contributed by atoms with E-state index < -0.39 is 16.8 Å². The molecule has 0 aliphatic rings. The Morgan fingerprint density at radius 1 is 1.16 bits per heavy atom. The molecule has 0 aliphatic heterocycles. The number of carbonyl (C=O) groups is 2. The molecule has 7 nitrogen and oxygen atoms in total. The molecule has 0 aliphatic carbocycles. The normalized spacial score (nSPS) is 10.3. The van der Waals surface area contributed by atoms with Crippen LogP contribution < -0.4 is 5.32 Å². The number of hydrogen-bond donors (Lipinski definition) is 2. The minimum absolute atomic E-state index is 0.0152. The number of hydrogen-bond acceptors (Lipinski definition) is 4. The predicted molar refractivity (Wildman–Crippen MR) is 93.1 cm³/mol. The number of carbonyl (C=O) groups excluding carboxylic acids is 1. The Morgan fingerprint density at radius 2 is 1.84 bits per heavy atom. The van der Waals surface area contributed by atoms with Crippen LogP contribution in [-0.2, 0) is 11.2 Å². The third-order valence-corrected chi connectivity index (χ3v) is 3.80. The third kappa shape index (κ3) is 5.29. The van der Waals surface area contributed by atoms with Crippen LogP contribution in [0.1, 0.15) is 28.8 Å². The van der Waals surface area contributed by atoms with E-state index in [1.165, 1.54) is 12.1 Å². The van der Waals surface area contributed by atoms with E-state index >= 15 is 0 Å². The van der Waals surface area contributed by atoms with Gasteiger partial charge in [-0.3, -0.25) is 19.7 Å². The molecule has 0 atom stereocenters. The summed E-state index contributed by atoms with van der Waals surface area (Å²) in [6.45, 7) is 0. The van der Waals surface area contributed by atoms with Gasteiger partial charge in [-0.25, -0.2) is 0 Å². The molecule has 0 unspecified atom stereocenters. The fourth-order valence-electron chi connectivity index (χ4n) is 2.20. The minimum atomic E-state index is -0.835. The van der Waals surface area contributed by atoms with Crippen molar-refractivity contribution in [1.29, 1.82) is 0 Å². The van der Waals surface area contributed by atoms with Crippen molar-refractivity contribution >= 4 is 34.9 Å². The van der Waals surface area contributed by atoms with Crippen LogP contribution in [0.5, 0.6) is 0 Å². The summed E-state index contributed by atoms with van der Waals surface area (Å²) < 4.78 is 0. The number of aliphatic carboxylic acids is 1. The molecular formula is C17H15ClN2O5. The number of aryl methyl sites for hydroxylation is 1. The van der Waals surface area contributed by atoms with Crippen LogP contribution in [0.25, 0.3) is 0 Å². The van der Waals surface area contributed by atoms with Crippen LogP contribution in [0.3, 0.4) is 0 Å². The van der Waals surface area contributed by atoms with E-state index in [1.807, 2.05) is 0 Å². The van der Waals surface area contributed by atoms with E-state index in [1.54, 1.807) is 24.3 Å². The maximum Gasteiger partial charge on any atom is 0.303 e. The molecule has 2 N–H and O–H groups in total. The van der Waals surface area contributed by atoms with E-state index in [2.05, 4.69) is 5.32 Å². The van der Waals surface area contributed by atoms with Gasteiger partial charge in [0.25, 0.3) is 11.6 Å². The van der Waals surface area contributed by atoms with Crippen LogP contribution in [0.4, 0.5) is 11.4 Å². The Balaban J connectivity index is 2.04. The first-order chi connectivity index (χ1) is 11.9. The summed E-state index contributed by atoms with van der Waals surface area (Å²) in [6, 6.07) is 10.6. The molecule has 25 heavy (non-hydrogen) atoms. The van der Waals surface area contributed by atoms with E-state index in [4.69, 9.17) is 16.7 Å². The number of nitro groups is 1. The predicted octanol–water partition coefficient (Wildman–Crippen LogP) is 3.91. The van der Waals surface area contributed by atoms with Crippen molar-refractivity contribution in [3.8, 4) is 0 Å². The van der Waals surface area contributed by atoms with Gasteiger partial charge in [-0.1, -0.05) is 23.7 Å². The lowest BCUT2D eigenvalue weighted by Gasteiger charge is -2.08. The second kappa shape index (κ2) is 8.25. The lowest BCUT2D eigenvalue weighted by Crippen LogP contribution is -2.12. The smallest absolute Gasteiger partial charge is 0.303 e. The maximum absolute atomic E-state index is 12.3. The highest BCUT2D eigenvalue weighted by Gasteiger charge is 2.16. The van der Waals surface area contributed by atoms with E-state index in [0.29, 0.717) is 18.5 Å². The van der Waals surface area contributed by atoms with Crippen molar-refractivity contribution in [1.82, 2.24) is 0 Å². The van der Waals surface area contributed by atoms with Crippen molar-refractivity contribution in [2.24, 2.45) is 0 Å². The standard InChI is InChI=1S/C17H15ClN2O5/c18-15-9-8-13(20(24)25)10-14(15)17(23)19-12-6-4-11(5-7-12)2-1-3-16(21)22/h4-10H,1-3H2,(H,19,23)(H,21,22). The first-order valence-corrected chi connectivity index (χ1v) is 7.80. The summed E-state index contributed by atoms with van der Waals surface area (Å²) in [4.78, 5) is 33.0. The van der Waals surface area contributed by atoms with Gasteiger partial charge in [-0.15, -0.1) is 0 Å². The van der Waals surface area contributed by atoms with Crippen molar-refractivity contribution in [3.63, 3.8) is 0 Å². The van der Waals surface area contributed by atoms with Gasteiger partial charge < -0.3 is 10.4 Å². The number of carboxylic acids is 1. The molecule has 2 aromatic carbocycles. The van der Waals surface area contributed by atoms with Crippen molar-refractivity contribution in [3.05, 3.63) is 68.7 Å². The Morgan fingerprint density at radius 3 is 2.44 bits per heavy atom. The van der Waals surface area contributed by atoms with E-state index in [9.17, 15) is 19.7 Å². The molecule has 0 heterocycles. The zero-order valence-corrected chi connectivity index (χ0v) is 13.8. The van der Waals surface area contributed by atoms with Crippen LogP contribution in [0.2, 0.25) is 5.02 Å². The number of nitrogens with one attached hydrogen (secondary N) is 1. The number of rotatable bonds is 7. The number of amides is 1. The lowest BCUT2D eigenvalue weighted by atomic mass is 10.1. The van der Waals surface area contributed by atoms with Gasteiger partial charge in [0.15, 0.2) is 0 Å². The van der Waals surface area contributed by atoms with Gasteiger partial charge >= 0.3 is 5.97 Å². The molecule has 0 spiro atoms. The number of anilines is 1. The molecule has 2 rings (SSSR count). The van der Waals surface area contributed by atoms with Crippen molar-refractivity contribution in [2.45, 2.75) is 19.3 Å². The number of benzene rings is 2. The Hall–Kier alpha value is -2.93. The second-order valence-corrected chi connectivity index (χ2v) is 5.73. The number of halogens is 1. The fraction of sp³-hybridized carbons (Fsp3) is 0.176. The second-order valence-electron chi connectivity index (χ2n) is 5.32. The third-order valence-electron chi connectivity index (χ3n) is 3.47. The van der Waals surface area contributed by atoms with Gasteiger partial charge in [0.2, 0.25) is 0 Å². The number of nitrogens with zero attached hydrogens (tertiary/aromatic N) is 1. The average Bonchev–Trinajstić information content (AvgIpc) is 2.56. The van der Waals surface area contributed by atoms with Crippen LogP contribution in [0.15, 0.2) is 42.5 Å². The number of non-ortho nitro benzene ring substituents is 1. The lowest BCUT2D eigenvalue weighted by molar-refractivity contribution is -0.384. The molecule has 8 heteroatoms. The summed E-state index contributed by atoms with van der Waals surface area (Å²) in [5, 5.41) is 22.2. The zero-order valence-electron chi connectivity index (χ0n) is 13.1. The Labute approximate surface area is 148 Å². The molecule has 0 saturated carbocycles. The molecule has 0 saturated heterocycles. The monoisotopic (exact) mass is 362 g/mol. The zero-order chi connectivity index (χ0) is 18.4. The summed E-state index contributed by atoms with van der Waals surface area (Å²) in [6.07, 6.45) is 1.26. The topological polar surface area (TPSA) is 110 Å². The minimum Gasteiger partial charge on any atom is -0.481 e. The molecule has 2 aromatic rings. The van der Waals surface area contributed by atoms with Crippen molar-refractivity contribution in [2.75, 3.05) is 5.32 Å². The molecule has 0 bridgehead atoms. The van der Waals surface area contributed by atoms with Gasteiger partial charge in [-0.2, -0.15) is 0 Å². The summed E-state index contributed by atoms with van der Waals surface area (Å²) in [5.74, 6) is -1.38. The molecule has 0 fully saturated rings. The van der Waals surface area contributed by atoms with Gasteiger partial charge in [0.1, 0.15) is 0 Å². The number of carboxylic acid groups (broad SMARTS) is 1. The highest BCUT2D eigenvalue weighted by atomic mass is 35.5. The van der Waals surface area contributed by atoms with E-state index in [-0.39, 0.29) is 22.7 Å². The van der Waals surface area contributed by atoms with Gasteiger partial charge in [-0.05, 0) is 36.6 Å². The van der Waals surface area contributed by atoms with Gasteiger partial charge in [0.05, 0.1) is 15.5 Å². The van der Waals surface area contributed by atoms with Crippen LogP contribution in [-0.4, -0.2) is 21.9 Å². The molecule has 0 radical (unpaired) electrons. The van der Waals surface area contributed by atoms with Crippen LogP contribution >= 0.6 is 11.6 Å². The van der Waals surface area contributed by atoms with Crippen LogP contribution in [0, 0.1) is 10.1 Å². The highest BCUT2D eigenvalue weighted by molar-refractivity contribution is 6.34. The Kier molecular flexibility index (Phi) is 6.08. The maximum atomic E-state index is 12.3. The molecule has 130 valence electrons. The summed E-state index contributed by atoms with van der Waals surface area (Å²) in [5.41, 5.74) is 1.26. The molecular weight excluding hydrogens is 348 g/mol. The average molecular weight is 363 g/mol. The Bertz CT molecular complexity index is 805. The largest absolute Gasteiger partial charge is 0.481 e. The molecule has 0 aromatic heterocycles. The van der Waals surface area contributed by atoms with Gasteiger partial charge in [0, 0.05) is 24.2 Å². The quantitative estimate of drug-likeness (QED) is 0.573. The first-order valence-electron chi connectivity index (χ1n) is 7.43. The molecule has 1 amide bonds. The SMILES string of the molecule is O=C(O)CCCc1ccc(NC(=O)c2cc([N+](=O)[O-])ccc2Cl)cc1.